The van der Waals surface area contributed by atoms with Crippen LogP contribution in [0.3, 0.4) is 0 Å². The van der Waals surface area contributed by atoms with E-state index in [9.17, 15) is 0 Å². The minimum atomic E-state index is 0.269. The first-order valence-corrected chi connectivity index (χ1v) is 6.58. The van der Waals surface area contributed by atoms with Gasteiger partial charge in [0, 0.05) is 5.92 Å². The lowest BCUT2D eigenvalue weighted by molar-refractivity contribution is 0.945. The van der Waals surface area contributed by atoms with Crippen LogP contribution in [-0.4, -0.2) is 7.28 Å². The predicted molar refractivity (Wildman–Crippen MR) is 84.5 cm³/mol. The van der Waals surface area contributed by atoms with Gasteiger partial charge < -0.3 is 0 Å². The molecule has 1 unspecified atom stereocenters. The maximum Gasteiger partial charge on any atom is 0.188 e. The molecule has 19 heavy (non-hydrogen) atoms. The molecule has 3 rings (SSSR count). The SMILES string of the molecule is C=CC1=C(C)C(C=C)C2=C(C=C1)c1ccccc1[B]2. The Hall–Kier alpha value is -2.02. The average molecular weight is 243 g/mol. The molecule has 0 nitrogen and oxygen atoms in total. The Morgan fingerprint density at radius 3 is 2.68 bits per heavy atom. The fourth-order valence-corrected chi connectivity index (χ4v) is 2.96. The molecule has 0 amide bonds. The fourth-order valence-electron chi connectivity index (χ4n) is 2.96. The van der Waals surface area contributed by atoms with Crippen molar-refractivity contribution in [1.29, 1.82) is 0 Å². The average Bonchev–Trinajstić information content (AvgIpc) is 2.73. The molecular formula is C18H16B. The van der Waals surface area contributed by atoms with Gasteiger partial charge in [0.05, 0.1) is 0 Å². The van der Waals surface area contributed by atoms with Crippen molar-refractivity contribution < 1.29 is 0 Å². The highest BCUT2D eigenvalue weighted by Crippen LogP contribution is 2.36. The van der Waals surface area contributed by atoms with Crippen molar-refractivity contribution in [2.45, 2.75) is 6.92 Å². The van der Waals surface area contributed by atoms with E-state index in [1.165, 1.54) is 33.2 Å². The number of hydrogen-bond donors (Lipinski definition) is 0. The second kappa shape index (κ2) is 4.58. The van der Waals surface area contributed by atoms with E-state index in [1.54, 1.807) is 0 Å². The van der Waals surface area contributed by atoms with Crippen molar-refractivity contribution in [2.75, 3.05) is 0 Å². The van der Waals surface area contributed by atoms with E-state index in [1.807, 2.05) is 12.2 Å². The molecule has 1 aromatic rings. The Morgan fingerprint density at radius 2 is 1.95 bits per heavy atom. The molecule has 0 fully saturated rings. The third-order valence-electron chi connectivity index (χ3n) is 4.02. The van der Waals surface area contributed by atoms with E-state index in [0.717, 1.165) is 0 Å². The molecule has 1 radical (unpaired) electrons. The van der Waals surface area contributed by atoms with Gasteiger partial charge >= 0.3 is 0 Å². The Balaban J connectivity index is 2.19. The minimum Gasteiger partial charge on any atom is -0.102 e. The van der Waals surface area contributed by atoms with Crippen molar-refractivity contribution in [3.8, 4) is 0 Å². The maximum atomic E-state index is 4.02. The first kappa shape index (κ1) is 12.0. The van der Waals surface area contributed by atoms with Crippen LogP contribution < -0.4 is 5.46 Å². The Labute approximate surface area is 115 Å². The van der Waals surface area contributed by atoms with E-state index in [-0.39, 0.29) is 5.92 Å². The summed E-state index contributed by atoms with van der Waals surface area (Å²) in [5, 5.41) is 0. The molecule has 0 saturated heterocycles. The second-order valence-electron chi connectivity index (χ2n) is 4.99. The normalized spacial score (nSPS) is 20.6. The molecule has 0 bridgehead atoms. The van der Waals surface area contributed by atoms with Crippen LogP contribution in [0.1, 0.15) is 12.5 Å². The summed E-state index contributed by atoms with van der Waals surface area (Å²) in [6.45, 7) is 10.1. The quantitative estimate of drug-likeness (QED) is 0.549. The molecule has 1 aromatic carbocycles. The van der Waals surface area contributed by atoms with Crippen LogP contribution in [0.25, 0.3) is 5.57 Å². The van der Waals surface area contributed by atoms with Crippen LogP contribution in [0, 0.1) is 5.92 Å². The van der Waals surface area contributed by atoms with Crippen LogP contribution in [0.5, 0.6) is 0 Å². The molecule has 0 spiro atoms. The summed E-state index contributed by atoms with van der Waals surface area (Å²) in [7, 11) is 2.29. The van der Waals surface area contributed by atoms with Crippen LogP contribution in [0.2, 0.25) is 0 Å². The van der Waals surface area contributed by atoms with Crippen molar-refractivity contribution in [3.63, 3.8) is 0 Å². The topological polar surface area (TPSA) is 0 Å². The molecule has 1 heteroatoms. The number of hydrogen-bond acceptors (Lipinski definition) is 0. The summed E-state index contributed by atoms with van der Waals surface area (Å²) >= 11 is 0. The van der Waals surface area contributed by atoms with E-state index < -0.39 is 0 Å². The fraction of sp³-hybridized carbons (Fsp3) is 0.111. The Morgan fingerprint density at radius 1 is 1.16 bits per heavy atom. The highest BCUT2D eigenvalue weighted by Gasteiger charge is 2.27. The highest BCUT2D eigenvalue weighted by molar-refractivity contribution is 6.66. The van der Waals surface area contributed by atoms with Crippen molar-refractivity contribution in [3.05, 3.63) is 83.9 Å². The maximum absolute atomic E-state index is 4.02. The molecular weight excluding hydrogens is 227 g/mol. The number of fused-ring (bicyclic) bond motifs is 2. The summed E-state index contributed by atoms with van der Waals surface area (Å²) in [5.74, 6) is 0.269. The summed E-state index contributed by atoms with van der Waals surface area (Å²) in [5.41, 5.74) is 7.80. The van der Waals surface area contributed by atoms with Gasteiger partial charge in [-0.1, -0.05) is 71.7 Å². The third kappa shape index (κ3) is 1.77. The highest BCUT2D eigenvalue weighted by atomic mass is 14.2. The van der Waals surface area contributed by atoms with Gasteiger partial charge in [0.25, 0.3) is 0 Å². The molecule has 91 valence electrons. The van der Waals surface area contributed by atoms with Crippen LogP contribution in [0.4, 0.5) is 0 Å². The zero-order valence-corrected chi connectivity index (χ0v) is 11.2. The lowest BCUT2D eigenvalue weighted by Crippen LogP contribution is -2.17. The first-order valence-electron chi connectivity index (χ1n) is 6.58. The first-order chi connectivity index (χ1) is 9.26. The van der Waals surface area contributed by atoms with E-state index in [4.69, 9.17) is 0 Å². The summed E-state index contributed by atoms with van der Waals surface area (Å²) < 4.78 is 0. The summed E-state index contributed by atoms with van der Waals surface area (Å²) in [6, 6.07) is 8.55. The minimum absolute atomic E-state index is 0.269. The third-order valence-corrected chi connectivity index (χ3v) is 4.02. The smallest absolute Gasteiger partial charge is 0.102 e. The van der Waals surface area contributed by atoms with Gasteiger partial charge in [0.15, 0.2) is 7.28 Å². The number of allylic oxidation sites excluding steroid dienone is 8. The van der Waals surface area contributed by atoms with Gasteiger partial charge in [0.2, 0.25) is 0 Å². The zero-order chi connectivity index (χ0) is 13.4. The largest absolute Gasteiger partial charge is 0.188 e. The molecule has 1 atom stereocenters. The molecule has 2 aliphatic rings. The number of benzene rings is 1. The van der Waals surface area contributed by atoms with Gasteiger partial charge in [-0.2, -0.15) is 0 Å². The molecule has 1 heterocycles. The summed E-state index contributed by atoms with van der Waals surface area (Å²) in [4.78, 5) is 0. The monoisotopic (exact) mass is 243 g/mol. The van der Waals surface area contributed by atoms with Gasteiger partial charge in [-0.05, 0) is 23.6 Å². The van der Waals surface area contributed by atoms with Crippen LogP contribution in [0.15, 0.2) is 78.3 Å². The van der Waals surface area contributed by atoms with Gasteiger partial charge in [0.1, 0.15) is 0 Å². The zero-order valence-electron chi connectivity index (χ0n) is 11.2. The molecule has 1 aliphatic heterocycles. The standard InChI is InChI=1S/C18H16B/c1-4-13-10-11-16-15-8-6-7-9-17(15)19-18(16)14(5-2)12(13)3/h4-11,14H,1-2H2,3H3. The summed E-state index contributed by atoms with van der Waals surface area (Å²) in [6.07, 6.45) is 8.33. The Bertz CT molecular complexity index is 656. The predicted octanol–water partition coefficient (Wildman–Crippen LogP) is 3.62. The van der Waals surface area contributed by atoms with Gasteiger partial charge in [-0.25, -0.2) is 0 Å². The van der Waals surface area contributed by atoms with Crippen molar-refractivity contribution in [2.24, 2.45) is 5.92 Å². The van der Waals surface area contributed by atoms with Crippen molar-refractivity contribution in [1.82, 2.24) is 0 Å². The van der Waals surface area contributed by atoms with Crippen LogP contribution in [-0.2, 0) is 0 Å². The van der Waals surface area contributed by atoms with Gasteiger partial charge in [-0.15, -0.1) is 6.58 Å². The molecule has 1 aliphatic carbocycles. The van der Waals surface area contributed by atoms with E-state index in [0.29, 0.717) is 0 Å². The number of rotatable bonds is 2. The van der Waals surface area contributed by atoms with Crippen LogP contribution >= 0.6 is 0 Å². The lowest BCUT2D eigenvalue weighted by atomic mass is 9.61. The lowest BCUT2D eigenvalue weighted by Gasteiger charge is -2.16. The Kier molecular flexibility index (Phi) is 2.90. The van der Waals surface area contributed by atoms with E-state index >= 15 is 0 Å². The second-order valence-corrected chi connectivity index (χ2v) is 4.99. The van der Waals surface area contributed by atoms with E-state index in [2.05, 4.69) is 63.8 Å². The van der Waals surface area contributed by atoms with Gasteiger partial charge in [-0.3, -0.25) is 0 Å². The van der Waals surface area contributed by atoms with Crippen molar-refractivity contribution >= 4 is 18.3 Å². The molecule has 0 saturated carbocycles. The molecule has 0 aromatic heterocycles. The molecule has 0 N–H and O–H groups in total.